The number of carbonyl (C=O) groups excluding carboxylic acids is 2. The zero-order chi connectivity index (χ0) is 18.5. The predicted octanol–water partition coefficient (Wildman–Crippen LogP) is 2.05. The molecule has 1 amide bonds. The van der Waals surface area contributed by atoms with Gasteiger partial charge in [-0.15, -0.1) is 0 Å². The first-order valence-corrected chi connectivity index (χ1v) is 8.58. The van der Waals surface area contributed by atoms with Gasteiger partial charge in [-0.1, -0.05) is 30.3 Å². The number of amidine groups is 1. The highest BCUT2D eigenvalue weighted by molar-refractivity contribution is 8.18. The van der Waals surface area contributed by atoms with Crippen LogP contribution in [-0.2, 0) is 9.59 Å². The van der Waals surface area contributed by atoms with E-state index in [1.165, 1.54) is 16.7 Å². The van der Waals surface area contributed by atoms with Gasteiger partial charge >= 0.3 is 0 Å². The highest BCUT2D eigenvalue weighted by Gasteiger charge is 2.30. The maximum Gasteiger partial charge on any atom is 0.266 e. The van der Waals surface area contributed by atoms with E-state index in [-0.39, 0.29) is 5.91 Å². The van der Waals surface area contributed by atoms with Gasteiger partial charge in [0.05, 0.1) is 16.6 Å². The summed E-state index contributed by atoms with van der Waals surface area (Å²) >= 11 is 1.31. The molecule has 0 N–H and O–H groups in total. The van der Waals surface area contributed by atoms with Gasteiger partial charge in [-0.25, -0.2) is 4.99 Å². The Hall–Kier alpha value is -3.06. The van der Waals surface area contributed by atoms with E-state index in [1.807, 2.05) is 30.3 Å². The van der Waals surface area contributed by atoms with Crippen LogP contribution < -0.4 is 9.84 Å². The van der Waals surface area contributed by atoms with Crippen molar-refractivity contribution in [1.82, 2.24) is 4.90 Å². The standard InChI is InChI=1S/C19H16N2O4S/c1-21-18(24)16(26-19(21)20-14-5-3-2-4-6-14)11-13-7-9-15(10-8-13)25-12-17(22)23/h2-11H,12H2,1H3,(H,22,23)/p-1/b16-11+,20-19?. The van der Waals surface area contributed by atoms with Crippen molar-refractivity contribution in [2.24, 2.45) is 4.99 Å². The van der Waals surface area contributed by atoms with Crippen molar-refractivity contribution in [3.05, 3.63) is 65.1 Å². The van der Waals surface area contributed by atoms with Crippen LogP contribution in [0, 0.1) is 0 Å². The molecular formula is C19H15N2O4S-. The third-order valence-electron chi connectivity index (χ3n) is 3.52. The molecule has 1 heterocycles. The number of carbonyl (C=O) groups is 2. The first-order valence-electron chi connectivity index (χ1n) is 7.77. The lowest BCUT2D eigenvalue weighted by Gasteiger charge is -2.07. The van der Waals surface area contributed by atoms with Gasteiger partial charge in [-0.2, -0.15) is 0 Å². The van der Waals surface area contributed by atoms with E-state index in [4.69, 9.17) is 4.74 Å². The molecule has 0 atom stereocenters. The smallest absolute Gasteiger partial charge is 0.266 e. The lowest BCUT2D eigenvalue weighted by atomic mass is 10.2. The molecular weight excluding hydrogens is 352 g/mol. The Kier molecular flexibility index (Phi) is 5.38. The number of hydrogen-bond acceptors (Lipinski definition) is 6. The van der Waals surface area contributed by atoms with Gasteiger partial charge in [0.15, 0.2) is 5.17 Å². The van der Waals surface area contributed by atoms with Crippen molar-refractivity contribution in [2.75, 3.05) is 13.7 Å². The van der Waals surface area contributed by atoms with Gasteiger partial charge in [0, 0.05) is 7.05 Å². The summed E-state index contributed by atoms with van der Waals surface area (Å²) in [6.07, 6.45) is 1.76. The third-order valence-corrected chi connectivity index (χ3v) is 4.58. The van der Waals surface area contributed by atoms with E-state index in [0.717, 1.165) is 11.3 Å². The highest BCUT2D eigenvalue weighted by atomic mass is 32.2. The van der Waals surface area contributed by atoms with Crippen molar-refractivity contribution < 1.29 is 19.4 Å². The number of carboxylic acid groups (broad SMARTS) is 1. The van der Waals surface area contributed by atoms with E-state index in [9.17, 15) is 14.7 Å². The second-order valence-electron chi connectivity index (χ2n) is 5.43. The summed E-state index contributed by atoms with van der Waals surface area (Å²) < 4.78 is 5.03. The molecule has 1 fully saturated rings. The molecule has 7 heteroatoms. The second-order valence-corrected chi connectivity index (χ2v) is 6.44. The lowest BCUT2D eigenvalue weighted by Crippen LogP contribution is -2.28. The minimum atomic E-state index is -1.28. The molecule has 132 valence electrons. The van der Waals surface area contributed by atoms with E-state index in [0.29, 0.717) is 15.8 Å². The van der Waals surface area contributed by atoms with Gasteiger partial charge in [0.25, 0.3) is 5.91 Å². The number of amides is 1. The summed E-state index contributed by atoms with van der Waals surface area (Å²) in [5, 5.41) is 11.0. The first-order chi connectivity index (χ1) is 12.5. The Morgan fingerprint density at radius 1 is 1.19 bits per heavy atom. The number of thioether (sulfide) groups is 1. The number of ether oxygens (including phenoxy) is 1. The van der Waals surface area contributed by atoms with Gasteiger partial charge in [-0.05, 0) is 47.7 Å². The number of aliphatic carboxylic acids is 1. The van der Waals surface area contributed by atoms with E-state index in [1.54, 1.807) is 37.4 Å². The van der Waals surface area contributed by atoms with Crippen molar-refractivity contribution in [1.29, 1.82) is 0 Å². The van der Waals surface area contributed by atoms with Crippen LogP contribution in [0.3, 0.4) is 0 Å². The minimum absolute atomic E-state index is 0.123. The van der Waals surface area contributed by atoms with E-state index in [2.05, 4.69) is 4.99 Å². The normalized spacial score (nSPS) is 17.1. The summed E-state index contributed by atoms with van der Waals surface area (Å²) in [6.45, 7) is -0.501. The molecule has 0 aromatic heterocycles. The fourth-order valence-electron chi connectivity index (χ4n) is 2.22. The van der Waals surface area contributed by atoms with Crippen LogP contribution >= 0.6 is 11.8 Å². The lowest BCUT2D eigenvalue weighted by molar-refractivity contribution is -0.307. The zero-order valence-electron chi connectivity index (χ0n) is 13.9. The van der Waals surface area contributed by atoms with Crippen molar-refractivity contribution >= 4 is 40.6 Å². The van der Waals surface area contributed by atoms with Crippen LogP contribution in [0.1, 0.15) is 5.56 Å². The van der Waals surface area contributed by atoms with Crippen LogP contribution in [0.15, 0.2) is 64.5 Å². The van der Waals surface area contributed by atoms with Crippen LogP contribution in [-0.4, -0.2) is 35.6 Å². The van der Waals surface area contributed by atoms with Crippen molar-refractivity contribution in [2.45, 2.75) is 0 Å². The topological polar surface area (TPSA) is 82.0 Å². The molecule has 0 bridgehead atoms. The molecule has 0 saturated carbocycles. The Bertz CT molecular complexity index is 876. The Labute approximate surface area is 154 Å². The molecule has 0 spiro atoms. The summed E-state index contributed by atoms with van der Waals surface area (Å²) in [4.78, 5) is 29.4. The summed E-state index contributed by atoms with van der Waals surface area (Å²) in [6, 6.07) is 16.2. The van der Waals surface area contributed by atoms with Gasteiger partial charge in [-0.3, -0.25) is 9.69 Å². The Morgan fingerprint density at radius 2 is 1.88 bits per heavy atom. The summed E-state index contributed by atoms with van der Waals surface area (Å²) in [5.41, 5.74) is 1.58. The zero-order valence-corrected chi connectivity index (χ0v) is 14.7. The average molecular weight is 367 g/mol. The number of carboxylic acids is 1. The molecule has 6 nitrogen and oxygen atoms in total. The van der Waals surface area contributed by atoms with Crippen molar-refractivity contribution in [3.63, 3.8) is 0 Å². The molecule has 0 aliphatic carbocycles. The van der Waals surface area contributed by atoms with Gasteiger partial charge in [0.1, 0.15) is 12.4 Å². The molecule has 2 aromatic rings. The summed E-state index contributed by atoms with van der Waals surface area (Å²) in [7, 11) is 1.69. The minimum Gasteiger partial charge on any atom is -0.546 e. The maximum atomic E-state index is 12.4. The highest BCUT2D eigenvalue weighted by Crippen LogP contribution is 2.33. The Morgan fingerprint density at radius 3 is 2.54 bits per heavy atom. The maximum absolute atomic E-state index is 12.4. The number of likely N-dealkylation sites (N-methyl/N-ethyl adjacent to an activating group) is 1. The molecule has 1 aliphatic heterocycles. The number of para-hydroxylation sites is 1. The summed E-state index contributed by atoms with van der Waals surface area (Å²) in [5.74, 6) is -0.982. The average Bonchev–Trinajstić information content (AvgIpc) is 2.90. The molecule has 1 saturated heterocycles. The molecule has 2 aromatic carbocycles. The fourth-order valence-corrected chi connectivity index (χ4v) is 3.21. The first kappa shape index (κ1) is 17.8. The molecule has 1 aliphatic rings. The number of benzene rings is 2. The molecule has 3 rings (SSSR count). The number of hydrogen-bond donors (Lipinski definition) is 0. The molecule has 26 heavy (non-hydrogen) atoms. The predicted molar refractivity (Wildman–Crippen MR) is 98.8 cm³/mol. The Balaban J connectivity index is 1.75. The van der Waals surface area contributed by atoms with E-state index >= 15 is 0 Å². The van der Waals surface area contributed by atoms with Crippen LogP contribution in [0.4, 0.5) is 5.69 Å². The van der Waals surface area contributed by atoms with Crippen molar-refractivity contribution in [3.8, 4) is 5.75 Å². The largest absolute Gasteiger partial charge is 0.546 e. The fraction of sp³-hybridized carbons (Fsp3) is 0.105. The molecule has 0 unspecified atom stereocenters. The number of nitrogens with zero attached hydrogens (tertiary/aromatic N) is 2. The van der Waals surface area contributed by atoms with Crippen LogP contribution in [0.25, 0.3) is 6.08 Å². The van der Waals surface area contributed by atoms with Crippen LogP contribution in [0.5, 0.6) is 5.75 Å². The number of rotatable bonds is 5. The SMILES string of the molecule is CN1C(=O)/C(=C\c2ccc(OCC(=O)[O-])cc2)SC1=Nc1ccccc1. The third kappa shape index (κ3) is 4.31. The van der Waals surface area contributed by atoms with Gasteiger partial charge in [0.2, 0.25) is 0 Å². The molecule has 0 radical (unpaired) electrons. The monoisotopic (exact) mass is 367 g/mol. The van der Waals surface area contributed by atoms with E-state index < -0.39 is 12.6 Å². The van der Waals surface area contributed by atoms with Crippen LogP contribution in [0.2, 0.25) is 0 Å². The number of aliphatic imine (C=N–C) groups is 1. The van der Waals surface area contributed by atoms with Gasteiger partial charge < -0.3 is 14.6 Å². The second kappa shape index (κ2) is 7.88. The quantitative estimate of drug-likeness (QED) is 0.756.